The lowest BCUT2D eigenvalue weighted by Crippen LogP contribution is -2.82. The molecule has 0 fully saturated rings. The highest BCUT2D eigenvalue weighted by molar-refractivity contribution is 5.78. The number of hydrogen-bond donors (Lipinski definition) is 2. The lowest BCUT2D eigenvalue weighted by atomic mass is 10.1. The molecule has 0 aliphatic carbocycles. The molecule has 0 amide bonds. The summed E-state index contributed by atoms with van der Waals surface area (Å²) < 4.78 is 0. The number of aromatic nitrogens is 1. The third-order valence-corrected chi connectivity index (χ3v) is 2.69. The first-order valence-corrected chi connectivity index (χ1v) is 5.74. The summed E-state index contributed by atoms with van der Waals surface area (Å²) in [4.78, 5) is 14.7. The van der Waals surface area contributed by atoms with E-state index in [2.05, 4.69) is 17.2 Å². The van der Waals surface area contributed by atoms with Crippen molar-refractivity contribution in [2.75, 3.05) is 6.54 Å². The maximum absolute atomic E-state index is 11.8. The van der Waals surface area contributed by atoms with E-state index in [1.54, 1.807) is 0 Å². The summed E-state index contributed by atoms with van der Waals surface area (Å²) in [5.41, 5.74) is 1.80. The largest absolute Gasteiger partial charge is 0.342 e. The molecule has 3 nitrogen and oxygen atoms in total. The van der Waals surface area contributed by atoms with Crippen LogP contribution in [-0.2, 0) is 6.54 Å². The molecule has 0 saturated carbocycles. The second-order valence-corrected chi connectivity index (χ2v) is 3.99. The molecule has 2 rings (SSSR count). The highest BCUT2D eigenvalue weighted by atomic mass is 16.1. The number of nitrogens with two attached hydrogens (primary N) is 1. The Morgan fingerprint density at radius 3 is 2.94 bits per heavy atom. The van der Waals surface area contributed by atoms with Gasteiger partial charge in [0.15, 0.2) is 0 Å². The molecule has 16 heavy (non-hydrogen) atoms. The molecule has 1 aromatic carbocycles. The molecule has 0 aliphatic rings. The van der Waals surface area contributed by atoms with Gasteiger partial charge in [0.05, 0.1) is 12.1 Å². The zero-order chi connectivity index (χ0) is 11.4. The Balaban J connectivity index is 2.31. The maximum atomic E-state index is 11.8. The first-order valence-electron chi connectivity index (χ1n) is 5.74. The SMILES string of the molecule is CCC[NH2+]Cc1cc2ccccc2[nH]c1=O. The number of aromatic amines is 1. The average Bonchev–Trinajstić information content (AvgIpc) is 2.30. The Kier molecular flexibility index (Phi) is 3.37. The van der Waals surface area contributed by atoms with Gasteiger partial charge in [0.1, 0.15) is 6.54 Å². The molecule has 3 N–H and O–H groups in total. The molecule has 0 bridgehead atoms. The van der Waals surface area contributed by atoms with Gasteiger partial charge in [-0.15, -0.1) is 0 Å². The number of rotatable bonds is 4. The Morgan fingerprint density at radius 1 is 1.31 bits per heavy atom. The summed E-state index contributed by atoms with van der Waals surface area (Å²) in [5.74, 6) is 0. The van der Waals surface area contributed by atoms with Gasteiger partial charge in [-0.05, 0) is 23.9 Å². The van der Waals surface area contributed by atoms with Gasteiger partial charge in [-0.1, -0.05) is 25.1 Å². The number of nitrogens with one attached hydrogen (secondary N) is 1. The van der Waals surface area contributed by atoms with E-state index >= 15 is 0 Å². The third-order valence-electron chi connectivity index (χ3n) is 2.69. The van der Waals surface area contributed by atoms with Gasteiger partial charge in [0, 0.05) is 5.52 Å². The van der Waals surface area contributed by atoms with E-state index in [9.17, 15) is 4.79 Å². The Morgan fingerprint density at radius 2 is 2.12 bits per heavy atom. The fourth-order valence-electron chi connectivity index (χ4n) is 1.81. The van der Waals surface area contributed by atoms with E-state index in [0.717, 1.165) is 36.0 Å². The summed E-state index contributed by atoms with van der Waals surface area (Å²) in [6.07, 6.45) is 1.13. The van der Waals surface area contributed by atoms with Crippen LogP contribution in [0.5, 0.6) is 0 Å². The normalized spacial score (nSPS) is 10.8. The van der Waals surface area contributed by atoms with Crippen molar-refractivity contribution in [2.45, 2.75) is 19.9 Å². The minimum atomic E-state index is 0.0334. The number of benzene rings is 1. The lowest BCUT2D eigenvalue weighted by Gasteiger charge is -2.02. The van der Waals surface area contributed by atoms with Gasteiger partial charge in [-0.2, -0.15) is 0 Å². The number of quaternary nitrogens is 1. The fourth-order valence-corrected chi connectivity index (χ4v) is 1.81. The molecular weight excluding hydrogens is 200 g/mol. The van der Waals surface area contributed by atoms with Crippen molar-refractivity contribution >= 4 is 10.9 Å². The van der Waals surface area contributed by atoms with Crippen molar-refractivity contribution < 1.29 is 5.32 Å². The molecule has 2 aromatic rings. The monoisotopic (exact) mass is 217 g/mol. The van der Waals surface area contributed by atoms with Crippen LogP contribution in [0.3, 0.4) is 0 Å². The molecule has 0 unspecified atom stereocenters. The average molecular weight is 217 g/mol. The molecule has 1 aromatic heterocycles. The van der Waals surface area contributed by atoms with Crippen molar-refractivity contribution in [3.05, 3.63) is 46.2 Å². The second kappa shape index (κ2) is 4.94. The quantitative estimate of drug-likeness (QED) is 0.738. The topological polar surface area (TPSA) is 49.5 Å². The summed E-state index contributed by atoms with van der Waals surface area (Å²) in [5, 5.41) is 3.27. The van der Waals surface area contributed by atoms with Gasteiger partial charge in [-0.25, -0.2) is 0 Å². The summed E-state index contributed by atoms with van der Waals surface area (Å²) in [7, 11) is 0. The predicted octanol–water partition coefficient (Wildman–Crippen LogP) is 1.00. The molecule has 3 heteroatoms. The second-order valence-electron chi connectivity index (χ2n) is 3.99. The van der Waals surface area contributed by atoms with Crippen LogP contribution in [0.2, 0.25) is 0 Å². The number of fused-ring (bicyclic) bond motifs is 1. The molecule has 84 valence electrons. The van der Waals surface area contributed by atoms with Crippen LogP contribution in [0.15, 0.2) is 35.1 Å². The van der Waals surface area contributed by atoms with Crippen LogP contribution in [-0.4, -0.2) is 11.5 Å². The maximum Gasteiger partial charge on any atom is 0.257 e. The van der Waals surface area contributed by atoms with E-state index in [1.807, 2.05) is 30.3 Å². The Bertz CT molecular complexity index is 531. The van der Waals surface area contributed by atoms with E-state index in [1.165, 1.54) is 0 Å². The number of hydrogen-bond acceptors (Lipinski definition) is 1. The van der Waals surface area contributed by atoms with E-state index in [0.29, 0.717) is 0 Å². The number of pyridine rings is 1. The minimum Gasteiger partial charge on any atom is -0.342 e. The van der Waals surface area contributed by atoms with Crippen LogP contribution in [0.1, 0.15) is 18.9 Å². The van der Waals surface area contributed by atoms with Crippen molar-refractivity contribution in [3.63, 3.8) is 0 Å². The molecule has 0 radical (unpaired) electrons. The van der Waals surface area contributed by atoms with Gasteiger partial charge in [0.25, 0.3) is 5.56 Å². The van der Waals surface area contributed by atoms with Gasteiger partial charge in [0.2, 0.25) is 0 Å². The van der Waals surface area contributed by atoms with Crippen LogP contribution in [0.25, 0.3) is 10.9 Å². The Labute approximate surface area is 94.5 Å². The number of para-hydroxylation sites is 1. The van der Waals surface area contributed by atoms with Crippen LogP contribution < -0.4 is 10.9 Å². The van der Waals surface area contributed by atoms with Crippen molar-refractivity contribution in [1.29, 1.82) is 0 Å². The van der Waals surface area contributed by atoms with Crippen LogP contribution in [0, 0.1) is 0 Å². The standard InChI is InChI=1S/C13H16N2O/c1-2-7-14-9-11-8-10-5-3-4-6-12(10)15-13(11)16/h3-6,8,14H,2,7,9H2,1H3,(H,15,16)/p+1. The number of H-pyrrole nitrogens is 1. The lowest BCUT2D eigenvalue weighted by molar-refractivity contribution is -0.670. The molecule has 1 heterocycles. The molecular formula is C13H17N2O+. The van der Waals surface area contributed by atoms with Crippen LogP contribution >= 0.6 is 0 Å². The summed E-state index contributed by atoms with van der Waals surface area (Å²) >= 11 is 0. The smallest absolute Gasteiger partial charge is 0.257 e. The summed E-state index contributed by atoms with van der Waals surface area (Å²) in [6.45, 7) is 3.96. The Hall–Kier alpha value is -1.61. The first kappa shape index (κ1) is 10.9. The molecule has 0 aliphatic heterocycles. The fraction of sp³-hybridized carbons (Fsp3) is 0.308. The van der Waals surface area contributed by atoms with E-state index < -0.39 is 0 Å². The highest BCUT2D eigenvalue weighted by Gasteiger charge is 2.03. The minimum absolute atomic E-state index is 0.0334. The van der Waals surface area contributed by atoms with Crippen molar-refractivity contribution in [1.82, 2.24) is 4.98 Å². The highest BCUT2D eigenvalue weighted by Crippen LogP contribution is 2.09. The molecule has 0 saturated heterocycles. The van der Waals surface area contributed by atoms with E-state index in [-0.39, 0.29) is 5.56 Å². The van der Waals surface area contributed by atoms with Crippen LogP contribution in [0.4, 0.5) is 0 Å². The third kappa shape index (κ3) is 2.31. The zero-order valence-electron chi connectivity index (χ0n) is 9.49. The zero-order valence-corrected chi connectivity index (χ0v) is 9.49. The molecule has 0 spiro atoms. The summed E-state index contributed by atoms with van der Waals surface area (Å²) in [6, 6.07) is 9.85. The van der Waals surface area contributed by atoms with Gasteiger partial charge < -0.3 is 10.3 Å². The van der Waals surface area contributed by atoms with Crippen molar-refractivity contribution in [3.8, 4) is 0 Å². The van der Waals surface area contributed by atoms with Gasteiger partial charge in [-0.3, -0.25) is 4.79 Å². The van der Waals surface area contributed by atoms with Crippen molar-refractivity contribution in [2.24, 2.45) is 0 Å². The van der Waals surface area contributed by atoms with E-state index in [4.69, 9.17) is 0 Å². The predicted molar refractivity (Wildman–Crippen MR) is 65.4 cm³/mol. The first-order chi connectivity index (χ1) is 7.81. The molecule has 0 atom stereocenters. The van der Waals surface area contributed by atoms with Gasteiger partial charge >= 0.3 is 0 Å².